The fraction of sp³-hybridized carbons (Fsp3) is 0.375. The molecule has 2 aromatic rings. The molecule has 0 atom stereocenters. The number of hydrogen-bond donors (Lipinski definition) is 2. The number of nitrogens with zero attached hydrogens (tertiary/aromatic N) is 1. The molecule has 0 aliphatic carbocycles. The highest BCUT2D eigenvalue weighted by atomic mass is 16.5. The van der Waals surface area contributed by atoms with E-state index in [9.17, 15) is 14.4 Å². The maximum absolute atomic E-state index is 12.6. The largest absolute Gasteiger partial charge is 0.497 e. The monoisotopic (exact) mass is 457 g/mol. The first-order chi connectivity index (χ1) is 15.9. The Bertz CT molecular complexity index is 963. The second kappa shape index (κ2) is 12.9. The van der Waals surface area contributed by atoms with Gasteiger partial charge in [-0.3, -0.25) is 14.4 Å². The Morgan fingerprint density at radius 3 is 2.33 bits per heavy atom. The molecule has 178 valence electrons. The molecule has 0 radical (unpaired) electrons. The van der Waals surface area contributed by atoms with Crippen molar-refractivity contribution < 1.29 is 28.6 Å². The van der Waals surface area contributed by atoms with E-state index in [1.54, 1.807) is 49.4 Å². The first-order valence-corrected chi connectivity index (χ1v) is 10.8. The van der Waals surface area contributed by atoms with E-state index in [4.69, 9.17) is 14.2 Å². The van der Waals surface area contributed by atoms with Crippen LogP contribution < -0.4 is 24.8 Å². The number of hydrogen-bond acceptors (Lipinski definition) is 6. The maximum Gasteiger partial charge on any atom is 0.251 e. The third kappa shape index (κ3) is 7.71. The average Bonchev–Trinajstić information content (AvgIpc) is 2.82. The van der Waals surface area contributed by atoms with Crippen LogP contribution in [0.3, 0.4) is 0 Å². The Morgan fingerprint density at radius 2 is 1.67 bits per heavy atom. The molecule has 0 saturated heterocycles. The molecule has 2 rings (SSSR count). The van der Waals surface area contributed by atoms with Crippen LogP contribution in [0.2, 0.25) is 0 Å². The standard InChI is InChI=1S/C24H31N3O6/c1-5-27(16-22(28)26-18-9-8-10-19(14-18)31-4)23(29)15-25-24(30)17-11-12-20(32-6-2)21(13-17)33-7-3/h8-14H,5-7,15-16H2,1-4H3,(H,25,30)(H,26,28). The van der Waals surface area contributed by atoms with E-state index in [0.717, 1.165) is 0 Å². The van der Waals surface area contributed by atoms with Crippen molar-refractivity contribution >= 4 is 23.4 Å². The number of rotatable bonds is 12. The van der Waals surface area contributed by atoms with Gasteiger partial charge in [0.15, 0.2) is 11.5 Å². The summed E-state index contributed by atoms with van der Waals surface area (Å²) in [5, 5.41) is 5.33. The number of methoxy groups -OCH3 is 1. The van der Waals surface area contributed by atoms with Gasteiger partial charge in [0.05, 0.1) is 33.4 Å². The molecular formula is C24H31N3O6. The molecule has 3 amide bonds. The predicted molar refractivity (Wildman–Crippen MR) is 125 cm³/mol. The number of amides is 3. The topological polar surface area (TPSA) is 106 Å². The highest BCUT2D eigenvalue weighted by Crippen LogP contribution is 2.28. The van der Waals surface area contributed by atoms with E-state index in [0.29, 0.717) is 48.3 Å². The summed E-state index contributed by atoms with van der Waals surface area (Å²) < 4.78 is 16.2. The molecule has 2 N–H and O–H groups in total. The second-order valence-corrected chi connectivity index (χ2v) is 6.90. The Hall–Kier alpha value is -3.75. The van der Waals surface area contributed by atoms with Crippen LogP contribution in [0.25, 0.3) is 0 Å². The normalized spacial score (nSPS) is 10.2. The van der Waals surface area contributed by atoms with Gasteiger partial charge >= 0.3 is 0 Å². The third-order valence-corrected chi connectivity index (χ3v) is 4.63. The minimum absolute atomic E-state index is 0.139. The molecule has 2 aromatic carbocycles. The zero-order chi connectivity index (χ0) is 24.2. The minimum atomic E-state index is -0.427. The molecule has 0 fully saturated rings. The lowest BCUT2D eigenvalue weighted by atomic mass is 10.2. The van der Waals surface area contributed by atoms with Gasteiger partial charge < -0.3 is 29.7 Å². The van der Waals surface area contributed by atoms with Crippen molar-refractivity contribution in [2.75, 3.05) is 45.3 Å². The summed E-state index contributed by atoms with van der Waals surface area (Å²) in [6, 6.07) is 11.8. The first-order valence-electron chi connectivity index (χ1n) is 10.8. The van der Waals surface area contributed by atoms with Gasteiger partial charge in [-0.25, -0.2) is 0 Å². The zero-order valence-electron chi connectivity index (χ0n) is 19.5. The summed E-state index contributed by atoms with van der Waals surface area (Å²) in [7, 11) is 1.54. The van der Waals surface area contributed by atoms with E-state index in [-0.39, 0.29) is 24.9 Å². The molecule has 0 aliphatic heterocycles. The van der Waals surface area contributed by atoms with Crippen molar-refractivity contribution in [1.29, 1.82) is 0 Å². The number of ether oxygens (including phenoxy) is 3. The SMILES string of the molecule is CCOc1ccc(C(=O)NCC(=O)N(CC)CC(=O)Nc2cccc(OC)c2)cc1OCC. The summed E-state index contributed by atoms with van der Waals surface area (Å²) in [6.07, 6.45) is 0. The quantitative estimate of drug-likeness (QED) is 0.508. The molecule has 0 aliphatic rings. The number of carbonyl (C=O) groups excluding carboxylic acids is 3. The van der Waals surface area contributed by atoms with Crippen molar-refractivity contribution in [3.8, 4) is 17.2 Å². The minimum Gasteiger partial charge on any atom is -0.497 e. The Morgan fingerprint density at radius 1 is 0.939 bits per heavy atom. The molecule has 9 nitrogen and oxygen atoms in total. The molecular weight excluding hydrogens is 426 g/mol. The smallest absolute Gasteiger partial charge is 0.251 e. The second-order valence-electron chi connectivity index (χ2n) is 6.90. The predicted octanol–water partition coefficient (Wildman–Crippen LogP) is 2.71. The van der Waals surface area contributed by atoms with E-state index in [1.165, 1.54) is 12.0 Å². The van der Waals surface area contributed by atoms with Crippen LogP contribution in [0, 0.1) is 0 Å². The van der Waals surface area contributed by atoms with Gasteiger partial charge in [0.1, 0.15) is 5.75 Å². The van der Waals surface area contributed by atoms with Crippen LogP contribution >= 0.6 is 0 Å². The summed E-state index contributed by atoms with van der Waals surface area (Å²) >= 11 is 0. The fourth-order valence-corrected chi connectivity index (χ4v) is 3.01. The lowest BCUT2D eigenvalue weighted by Crippen LogP contribution is -2.43. The Kier molecular flexibility index (Phi) is 10.0. The van der Waals surface area contributed by atoms with E-state index < -0.39 is 5.91 Å². The molecule has 0 aromatic heterocycles. The molecule has 0 saturated carbocycles. The highest BCUT2D eigenvalue weighted by molar-refractivity contribution is 5.98. The van der Waals surface area contributed by atoms with Crippen LogP contribution in [0.1, 0.15) is 31.1 Å². The van der Waals surface area contributed by atoms with Gasteiger partial charge in [-0.1, -0.05) is 6.07 Å². The molecule has 0 spiro atoms. The zero-order valence-corrected chi connectivity index (χ0v) is 19.5. The van der Waals surface area contributed by atoms with Crippen molar-refractivity contribution in [2.45, 2.75) is 20.8 Å². The lowest BCUT2D eigenvalue weighted by molar-refractivity contribution is -0.133. The average molecular weight is 458 g/mol. The molecule has 33 heavy (non-hydrogen) atoms. The van der Waals surface area contributed by atoms with Gasteiger partial charge in [-0.2, -0.15) is 0 Å². The number of likely N-dealkylation sites (N-methyl/N-ethyl adjacent to an activating group) is 1. The van der Waals surface area contributed by atoms with Gasteiger partial charge in [0, 0.05) is 23.9 Å². The summed E-state index contributed by atoms with van der Waals surface area (Å²) in [5.74, 6) is 0.471. The van der Waals surface area contributed by atoms with Crippen LogP contribution in [0.5, 0.6) is 17.2 Å². The molecule has 0 unspecified atom stereocenters. The van der Waals surface area contributed by atoms with Crippen LogP contribution in [-0.2, 0) is 9.59 Å². The first kappa shape index (κ1) is 25.5. The Balaban J connectivity index is 1.93. The number of carbonyl (C=O) groups is 3. The Labute approximate surface area is 194 Å². The number of nitrogens with one attached hydrogen (secondary N) is 2. The number of benzene rings is 2. The van der Waals surface area contributed by atoms with Crippen LogP contribution in [0.15, 0.2) is 42.5 Å². The third-order valence-electron chi connectivity index (χ3n) is 4.63. The lowest BCUT2D eigenvalue weighted by Gasteiger charge is -2.21. The van der Waals surface area contributed by atoms with Crippen LogP contribution in [0.4, 0.5) is 5.69 Å². The van der Waals surface area contributed by atoms with Crippen molar-refractivity contribution in [2.24, 2.45) is 0 Å². The molecule has 0 bridgehead atoms. The van der Waals surface area contributed by atoms with Gasteiger partial charge in [-0.15, -0.1) is 0 Å². The molecule has 0 heterocycles. The van der Waals surface area contributed by atoms with Gasteiger partial charge in [-0.05, 0) is 51.1 Å². The van der Waals surface area contributed by atoms with Crippen molar-refractivity contribution in [3.63, 3.8) is 0 Å². The van der Waals surface area contributed by atoms with E-state index in [2.05, 4.69) is 10.6 Å². The number of anilines is 1. The van der Waals surface area contributed by atoms with E-state index >= 15 is 0 Å². The van der Waals surface area contributed by atoms with E-state index in [1.807, 2.05) is 13.8 Å². The van der Waals surface area contributed by atoms with Crippen molar-refractivity contribution in [3.05, 3.63) is 48.0 Å². The van der Waals surface area contributed by atoms with Gasteiger partial charge in [0.25, 0.3) is 5.91 Å². The highest BCUT2D eigenvalue weighted by Gasteiger charge is 2.18. The summed E-state index contributed by atoms with van der Waals surface area (Å²) in [5.41, 5.74) is 0.908. The fourth-order valence-electron chi connectivity index (χ4n) is 3.01. The van der Waals surface area contributed by atoms with Crippen LogP contribution in [-0.4, -0.2) is 62.6 Å². The summed E-state index contributed by atoms with van der Waals surface area (Å²) in [4.78, 5) is 38.8. The summed E-state index contributed by atoms with van der Waals surface area (Å²) in [6.45, 7) is 6.29. The van der Waals surface area contributed by atoms with Gasteiger partial charge in [0.2, 0.25) is 11.8 Å². The maximum atomic E-state index is 12.6. The van der Waals surface area contributed by atoms with Crippen molar-refractivity contribution in [1.82, 2.24) is 10.2 Å². The molecule has 9 heteroatoms.